The number of carbonyl (C=O) groups is 1. The zero-order chi connectivity index (χ0) is 17.5. The van der Waals surface area contributed by atoms with Crippen LogP contribution in [0, 0.1) is 5.92 Å². The molecule has 0 aromatic carbocycles. The van der Waals surface area contributed by atoms with Gasteiger partial charge in [-0.3, -0.25) is 15.0 Å². The molecule has 0 radical (unpaired) electrons. The van der Waals surface area contributed by atoms with Gasteiger partial charge in [0.25, 0.3) is 5.91 Å². The first kappa shape index (κ1) is 23.6. The Bertz CT molecular complexity index is 594. The minimum absolute atomic E-state index is 0. The first-order valence-electron chi connectivity index (χ1n) is 9.16. The zero-order valence-corrected chi connectivity index (χ0v) is 17.0. The van der Waals surface area contributed by atoms with Gasteiger partial charge in [0.1, 0.15) is 5.82 Å². The van der Waals surface area contributed by atoms with Gasteiger partial charge in [-0.1, -0.05) is 12.8 Å². The molecule has 2 heterocycles. The molecule has 1 aliphatic heterocycles. The van der Waals surface area contributed by atoms with Crippen LogP contribution in [0.3, 0.4) is 0 Å². The van der Waals surface area contributed by atoms with E-state index < -0.39 is 5.91 Å². The van der Waals surface area contributed by atoms with E-state index in [0.717, 1.165) is 24.7 Å². The molecule has 0 unspecified atom stereocenters. The average molecular weight is 418 g/mol. The Hall–Kier alpha value is -1.41. The number of rotatable bonds is 6. The van der Waals surface area contributed by atoms with E-state index >= 15 is 0 Å². The van der Waals surface area contributed by atoms with Crippen molar-refractivity contribution in [1.82, 2.24) is 20.3 Å². The Morgan fingerprint density at radius 1 is 1.19 bits per heavy atom. The van der Waals surface area contributed by atoms with Crippen LogP contribution < -0.4 is 10.8 Å². The lowest BCUT2D eigenvalue weighted by atomic mass is 10.0. The summed E-state index contributed by atoms with van der Waals surface area (Å²) in [5, 5.41) is 11.9. The Morgan fingerprint density at radius 3 is 2.63 bits per heavy atom. The second-order valence-corrected chi connectivity index (χ2v) is 7.03. The highest BCUT2D eigenvalue weighted by Gasteiger charge is 2.24. The van der Waals surface area contributed by atoms with Crippen LogP contribution in [0.15, 0.2) is 18.5 Å². The Balaban J connectivity index is 0.00000182. The van der Waals surface area contributed by atoms with Crippen molar-refractivity contribution in [1.29, 1.82) is 0 Å². The van der Waals surface area contributed by atoms with Crippen LogP contribution >= 0.6 is 24.8 Å². The largest absolute Gasteiger partial charge is 0.365 e. The summed E-state index contributed by atoms with van der Waals surface area (Å²) in [6, 6.07) is 0.408. The van der Waals surface area contributed by atoms with Crippen molar-refractivity contribution in [3.05, 3.63) is 24.2 Å². The fraction of sp³-hybridized carbons (Fsp3) is 0.611. The van der Waals surface area contributed by atoms with Crippen molar-refractivity contribution in [3.8, 4) is 0 Å². The van der Waals surface area contributed by atoms with E-state index in [9.17, 15) is 4.79 Å². The van der Waals surface area contributed by atoms with Crippen LogP contribution in [-0.4, -0.2) is 51.7 Å². The van der Waals surface area contributed by atoms with Gasteiger partial charge in [0, 0.05) is 25.2 Å². The maximum Gasteiger partial charge on any atom is 0.267 e. The minimum atomic E-state index is -0.589. The van der Waals surface area contributed by atoms with Crippen LogP contribution in [-0.2, 0) is 4.79 Å². The van der Waals surface area contributed by atoms with Crippen molar-refractivity contribution in [3.63, 3.8) is 0 Å². The first-order chi connectivity index (χ1) is 12.2. The second kappa shape index (κ2) is 12.1. The fourth-order valence-corrected chi connectivity index (χ4v) is 3.80. The quantitative estimate of drug-likeness (QED) is 0.374. The summed E-state index contributed by atoms with van der Waals surface area (Å²) in [5.41, 5.74) is 2.11. The van der Waals surface area contributed by atoms with E-state index in [4.69, 9.17) is 5.21 Å². The summed E-state index contributed by atoms with van der Waals surface area (Å²) in [6.45, 7) is 3.51. The number of hydrogen-bond donors (Lipinski definition) is 3. The molecule has 3 rings (SSSR count). The molecule has 152 valence electrons. The number of halogens is 2. The van der Waals surface area contributed by atoms with E-state index in [2.05, 4.69) is 20.2 Å². The summed E-state index contributed by atoms with van der Waals surface area (Å²) < 4.78 is 0. The molecule has 0 spiro atoms. The number of nitrogens with zero attached hydrogens (tertiary/aromatic N) is 3. The van der Waals surface area contributed by atoms with Crippen molar-refractivity contribution in [2.45, 2.75) is 44.6 Å². The first-order valence-corrected chi connectivity index (χ1v) is 9.16. The summed E-state index contributed by atoms with van der Waals surface area (Å²) in [4.78, 5) is 22.2. The van der Waals surface area contributed by atoms with Crippen molar-refractivity contribution >= 4 is 42.6 Å². The highest BCUT2D eigenvalue weighted by atomic mass is 35.5. The monoisotopic (exact) mass is 417 g/mol. The molecule has 2 aliphatic rings. The van der Waals surface area contributed by atoms with Gasteiger partial charge >= 0.3 is 0 Å². The zero-order valence-electron chi connectivity index (χ0n) is 15.3. The minimum Gasteiger partial charge on any atom is -0.365 e. The third kappa shape index (κ3) is 7.62. The number of hydroxylamine groups is 1. The lowest BCUT2D eigenvalue weighted by Gasteiger charge is -2.34. The smallest absolute Gasteiger partial charge is 0.267 e. The maximum atomic E-state index is 11.0. The van der Waals surface area contributed by atoms with Crippen molar-refractivity contribution in [2.75, 3.05) is 25.0 Å². The summed E-state index contributed by atoms with van der Waals surface area (Å²) in [6.07, 6.45) is 14.0. The lowest BCUT2D eigenvalue weighted by Crippen LogP contribution is -2.43. The van der Waals surface area contributed by atoms with E-state index in [-0.39, 0.29) is 24.8 Å². The third-order valence-electron chi connectivity index (χ3n) is 5.04. The van der Waals surface area contributed by atoms with E-state index in [1.165, 1.54) is 62.8 Å². The molecular formula is C18H29Cl2N5O2. The normalized spacial score (nSPS) is 20.7. The van der Waals surface area contributed by atoms with E-state index in [1.54, 1.807) is 12.4 Å². The molecule has 2 fully saturated rings. The number of hydrogen-bond acceptors (Lipinski definition) is 6. The molecule has 27 heavy (non-hydrogen) atoms. The molecule has 1 aliphatic carbocycles. The number of amides is 1. The van der Waals surface area contributed by atoms with Gasteiger partial charge in [0.15, 0.2) is 0 Å². The molecule has 0 bridgehead atoms. The highest BCUT2D eigenvalue weighted by molar-refractivity contribution is 5.90. The Morgan fingerprint density at radius 2 is 1.96 bits per heavy atom. The van der Waals surface area contributed by atoms with Crippen LogP contribution in [0.1, 0.15) is 44.2 Å². The lowest BCUT2D eigenvalue weighted by molar-refractivity contribution is -0.124. The molecule has 1 amide bonds. The molecule has 9 heteroatoms. The number of likely N-dealkylation sites (tertiary alicyclic amines) is 1. The number of nitrogens with one attached hydrogen (secondary N) is 2. The van der Waals surface area contributed by atoms with E-state index in [1.807, 2.05) is 0 Å². The third-order valence-corrected chi connectivity index (χ3v) is 5.04. The molecule has 1 saturated carbocycles. The van der Waals surface area contributed by atoms with Crippen LogP contribution in [0.4, 0.5) is 5.82 Å². The summed E-state index contributed by atoms with van der Waals surface area (Å²) in [5.74, 6) is 1.06. The summed E-state index contributed by atoms with van der Waals surface area (Å²) in [7, 11) is 0. The van der Waals surface area contributed by atoms with Crippen LogP contribution in [0.5, 0.6) is 0 Å². The predicted molar refractivity (Wildman–Crippen MR) is 111 cm³/mol. The van der Waals surface area contributed by atoms with Gasteiger partial charge in [-0.15, -0.1) is 24.8 Å². The highest BCUT2D eigenvalue weighted by Crippen LogP contribution is 2.26. The Kier molecular flexibility index (Phi) is 10.6. The molecule has 1 atom stereocenters. The predicted octanol–water partition coefficient (Wildman–Crippen LogP) is 2.91. The number of aromatic nitrogens is 2. The van der Waals surface area contributed by atoms with E-state index in [0.29, 0.717) is 11.7 Å². The number of anilines is 1. The van der Waals surface area contributed by atoms with Crippen LogP contribution in [0.25, 0.3) is 6.08 Å². The molecule has 7 nitrogen and oxygen atoms in total. The second-order valence-electron chi connectivity index (χ2n) is 7.03. The van der Waals surface area contributed by atoms with Crippen LogP contribution in [0.2, 0.25) is 0 Å². The fourth-order valence-electron chi connectivity index (χ4n) is 3.80. The maximum absolute atomic E-state index is 11.0. The SMILES string of the molecule is Cl.Cl.O=C(C=Cc1cnc(N[C@@H]2CCCN(CC3CCCC3)C2)cn1)NO. The summed E-state index contributed by atoms with van der Waals surface area (Å²) >= 11 is 0. The Labute approximate surface area is 172 Å². The van der Waals surface area contributed by atoms with Crippen molar-refractivity contribution in [2.24, 2.45) is 5.92 Å². The van der Waals surface area contributed by atoms with Crippen molar-refractivity contribution < 1.29 is 10.0 Å². The number of carbonyl (C=O) groups excluding carboxylic acids is 1. The standard InChI is InChI=1S/C18H27N5O2.2ClH/c24-18(22-25)8-7-15-10-20-17(11-19-15)21-16-6-3-9-23(13-16)12-14-4-1-2-5-14;;/h7-8,10-11,14,16,25H,1-6,9,12-13H2,(H,20,21)(H,22,24);2*1H/t16-;;/m1../s1. The molecule has 1 aromatic heterocycles. The molecular weight excluding hydrogens is 389 g/mol. The van der Waals surface area contributed by atoms with Gasteiger partial charge in [0.05, 0.1) is 18.1 Å². The van der Waals surface area contributed by atoms with Gasteiger partial charge < -0.3 is 10.2 Å². The molecule has 1 aromatic rings. The number of piperidine rings is 1. The average Bonchev–Trinajstić information content (AvgIpc) is 3.14. The van der Waals surface area contributed by atoms with Gasteiger partial charge in [-0.25, -0.2) is 10.5 Å². The molecule has 3 N–H and O–H groups in total. The molecule has 1 saturated heterocycles. The van der Waals surface area contributed by atoms with Gasteiger partial charge in [-0.05, 0) is 44.2 Å². The van der Waals surface area contributed by atoms with Gasteiger partial charge in [-0.2, -0.15) is 0 Å². The van der Waals surface area contributed by atoms with Gasteiger partial charge in [0.2, 0.25) is 0 Å². The topological polar surface area (TPSA) is 90.4 Å².